The first-order valence-corrected chi connectivity index (χ1v) is 7.19. The highest BCUT2D eigenvalue weighted by Gasteiger charge is 2.40. The van der Waals surface area contributed by atoms with Crippen LogP contribution in [0.2, 0.25) is 0 Å². The average Bonchev–Trinajstić information content (AvgIpc) is 2.84. The van der Waals surface area contributed by atoms with Crippen LogP contribution in [-0.4, -0.2) is 42.5 Å². The van der Waals surface area contributed by atoms with Crippen molar-refractivity contribution in [3.63, 3.8) is 0 Å². The van der Waals surface area contributed by atoms with Gasteiger partial charge in [-0.1, -0.05) is 42.5 Å². The van der Waals surface area contributed by atoms with Crippen LogP contribution in [0.3, 0.4) is 0 Å². The number of carbonyl (C=O) groups is 2. The minimum atomic E-state index is -4.44. The van der Waals surface area contributed by atoms with Crippen molar-refractivity contribution in [2.75, 3.05) is 19.6 Å². The smallest absolute Gasteiger partial charge is 0.352 e. The molecule has 124 valence electrons. The number of benzene rings is 1. The molecule has 23 heavy (non-hydrogen) atoms. The van der Waals surface area contributed by atoms with Crippen molar-refractivity contribution in [2.24, 2.45) is 5.92 Å². The molecule has 1 aliphatic rings. The van der Waals surface area contributed by atoms with Crippen molar-refractivity contribution in [3.8, 4) is 0 Å². The topological polar surface area (TPSA) is 49.4 Å². The monoisotopic (exact) mass is 326 g/mol. The number of carbonyl (C=O) groups excluding carboxylic acids is 2. The SMILES string of the molecule is O=C(NC/C=C\c1ccccc1)[C@H]1CC(=O)N(CC(F)(F)F)C1. The number of nitrogens with one attached hydrogen (secondary N) is 1. The Morgan fingerprint density at radius 2 is 2.00 bits per heavy atom. The van der Waals surface area contributed by atoms with Gasteiger partial charge in [0.25, 0.3) is 0 Å². The summed E-state index contributed by atoms with van der Waals surface area (Å²) >= 11 is 0. The lowest BCUT2D eigenvalue weighted by molar-refractivity contribution is -0.157. The summed E-state index contributed by atoms with van der Waals surface area (Å²) in [5, 5.41) is 2.61. The third kappa shape index (κ3) is 5.43. The van der Waals surface area contributed by atoms with E-state index in [2.05, 4.69) is 5.32 Å². The summed E-state index contributed by atoms with van der Waals surface area (Å²) in [7, 11) is 0. The van der Waals surface area contributed by atoms with Crippen LogP contribution in [0.25, 0.3) is 6.08 Å². The second-order valence-electron chi connectivity index (χ2n) is 5.35. The Kier molecular flexibility index (Phi) is 5.41. The lowest BCUT2D eigenvalue weighted by atomic mass is 10.1. The Hall–Kier alpha value is -2.31. The van der Waals surface area contributed by atoms with Gasteiger partial charge in [0, 0.05) is 19.5 Å². The first kappa shape index (κ1) is 17.1. The van der Waals surface area contributed by atoms with E-state index in [1.807, 2.05) is 36.4 Å². The zero-order valence-electron chi connectivity index (χ0n) is 12.3. The van der Waals surface area contributed by atoms with Gasteiger partial charge in [0.2, 0.25) is 11.8 Å². The molecule has 1 fully saturated rings. The van der Waals surface area contributed by atoms with Crippen LogP contribution < -0.4 is 5.32 Å². The summed E-state index contributed by atoms with van der Waals surface area (Å²) in [5.41, 5.74) is 0.981. The number of hydrogen-bond donors (Lipinski definition) is 1. The minimum Gasteiger partial charge on any atom is -0.352 e. The number of likely N-dealkylation sites (tertiary alicyclic amines) is 1. The van der Waals surface area contributed by atoms with Gasteiger partial charge >= 0.3 is 6.18 Å². The van der Waals surface area contributed by atoms with Crippen LogP contribution in [0.4, 0.5) is 13.2 Å². The van der Waals surface area contributed by atoms with E-state index in [1.165, 1.54) is 0 Å². The number of rotatable bonds is 5. The third-order valence-corrected chi connectivity index (χ3v) is 3.46. The molecule has 1 aliphatic heterocycles. The Morgan fingerprint density at radius 1 is 1.30 bits per heavy atom. The zero-order valence-corrected chi connectivity index (χ0v) is 12.3. The highest BCUT2D eigenvalue weighted by molar-refractivity contribution is 5.89. The van der Waals surface area contributed by atoms with E-state index in [0.717, 1.165) is 5.56 Å². The van der Waals surface area contributed by atoms with Crippen LogP contribution in [0.1, 0.15) is 12.0 Å². The fraction of sp³-hybridized carbons (Fsp3) is 0.375. The highest BCUT2D eigenvalue weighted by atomic mass is 19.4. The molecular formula is C16H17F3N2O2. The summed E-state index contributed by atoms with van der Waals surface area (Å²) in [6.45, 7) is -1.23. The van der Waals surface area contributed by atoms with E-state index >= 15 is 0 Å². The van der Waals surface area contributed by atoms with E-state index in [1.54, 1.807) is 6.08 Å². The molecule has 2 amide bonds. The Bertz CT molecular complexity index is 585. The summed E-state index contributed by atoms with van der Waals surface area (Å²) < 4.78 is 36.9. The minimum absolute atomic E-state index is 0.176. The molecule has 0 spiro atoms. The van der Waals surface area contributed by atoms with Crippen LogP contribution >= 0.6 is 0 Å². The van der Waals surface area contributed by atoms with Gasteiger partial charge in [-0.3, -0.25) is 9.59 Å². The van der Waals surface area contributed by atoms with Gasteiger partial charge in [0.15, 0.2) is 0 Å². The van der Waals surface area contributed by atoms with Crippen LogP contribution in [0.5, 0.6) is 0 Å². The second-order valence-corrected chi connectivity index (χ2v) is 5.35. The molecule has 0 bridgehead atoms. The van der Waals surface area contributed by atoms with Crippen molar-refractivity contribution in [2.45, 2.75) is 12.6 Å². The predicted molar refractivity (Wildman–Crippen MR) is 79.2 cm³/mol. The Labute approximate surface area is 132 Å². The van der Waals surface area contributed by atoms with Gasteiger partial charge in [-0.2, -0.15) is 13.2 Å². The van der Waals surface area contributed by atoms with Crippen molar-refractivity contribution < 1.29 is 22.8 Å². The zero-order chi connectivity index (χ0) is 16.9. The first-order valence-electron chi connectivity index (χ1n) is 7.19. The standard InChI is InChI=1S/C16H17F3N2O2/c17-16(18,19)11-21-10-13(9-14(21)22)15(23)20-8-4-7-12-5-2-1-3-6-12/h1-7,13H,8-11H2,(H,20,23)/b7-4-/t13-/m0/s1. The van der Waals surface area contributed by atoms with Crippen molar-refractivity contribution in [1.29, 1.82) is 0 Å². The first-order chi connectivity index (χ1) is 10.8. The Balaban J connectivity index is 1.78. The largest absolute Gasteiger partial charge is 0.406 e. The number of hydrogen-bond acceptors (Lipinski definition) is 2. The van der Waals surface area contributed by atoms with Gasteiger partial charge in [-0.05, 0) is 5.56 Å². The van der Waals surface area contributed by atoms with Crippen LogP contribution in [0, 0.1) is 5.92 Å². The summed E-state index contributed by atoms with van der Waals surface area (Å²) in [6.07, 6.45) is -1.04. The normalized spacial score (nSPS) is 18.7. The van der Waals surface area contributed by atoms with Gasteiger partial charge in [-0.25, -0.2) is 0 Å². The van der Waals surface area contributed by atoms with E-state index < -0.39 is 30.5 Å². The van der Waals surface area contributed by atoms with Crippen molar-refractivity contribution in [1.82, 2.24) is 10.2 Å². The molecule has 1 aromatic carbocycles. The second kappa shape index (κ2) is 7.30. The lowest BCUT2D eigenvalue weighted by Crippen LogP contribution is -2.37. The molecule has 1 heterocycles. The molecule has 0 unspecified atom stereocenters. The van der Waals surface area contributed by atoms with Gasteiger partial charge in [0.05, 0.1) is 5.92 Å². The van der Waals surface area contributed by atoms with Gasteiger partial charge in [-0.15, -0.1) is 0 Å². The summed E-state index contributed by atoms with van der Waals surface area (Å²) in [6, 6.07) is 9.48. The van der Waals surface area contributed by atoms with Crippen LogP contribution in [0.15, 0.2) is 36.4 Å². The molecule has 2 rings (SSSR count). The number of halogens is 3. The molecule has 0 saturated carbocycles. The maximum absolute atomic E-state index is 12.3. The van der Waals surface area contributed by atoms with Crippen molar-refractivity contribution in [3.05, 3.63) is 42.0 Å². The van der Waals surface area contributed by atoms with E-state index in [0.29, 0.717) is 4.90 Å². The molecule has 7 heteroatoms. The molecule has 1 atom stereocenters. The molecule has 1 N–H and O–H groups in total. The summed E-state index contributed by atoms with van der Waals surface area (Å²) in [5.74, 6) is -1.77. The van der Waals surface area contributed by atoms with Crippen molar-refractivity contribution >= 4 is 17.9 Å². The third-order valence-electron chi connectivity index (χ3n) is 3.46. The highest BCUT2D eigenvalue weighted by Crippen LogP contribution is 2.23. The fourth-order valence-electron chi connectivity index (χ4n) is 2.38. The van der Waals surface area contributed by atoms with E-state index in [4.69, 9.17) is 0 Å². The number of amides is 2. The Morgan fingerprint density at radius 3 is 2.65 bits per heavy atom. The van der Waals surface area contributed by atoms with E-state index in [9.17, 15) is 22.8 Å². The fourth-order valence-corrected chi connectivity index (χ4v) is 2.38. The molecule has 1 saturated heterocycles. The average molecular weight is 326 g/mol. The lowest BCUT2D eigenvalue weighted by Gasteiger charge is -2.18. The predicted octanol–water partition coefficient (Wildman–Crippen LogP) is 2.23. The molecule has 0 aliphatic carbocycles. The number of alkyl halides is 3. The van der Waals surface area contributed by atoms with Gasteiger partial charge in [0.1, 0.15) is 6.54 Å². The quantitative estimate of drug-likeness (QED) is 0.902. The molecule has 1 aromatic rings. The van der Waals surface area contributed by atoms with Gasteiger partial charge < -0.3 is 10.2 Å². The molecule has 0 radical (unpaired) electrons. The maximum Gasteiger partial charge on any atom is 0.406 e. The molecule has 0 aromatic heterocycles. The summed E-state index contributed by atoms with van der Waals surface area (Å²) in [4.78, 5) is 24.1. The maximum atomic E-state index is 12.3. The van der Waals surface area contributed by atoms with E-state index in [-0.39, 0.29) is 19.5 Å². The van der Waals surface area contributed by atoms with Crippen LogP contribution in [-0.2, 0) is 9.59 Å². The molecular weight excluding hydrogens is 309 g/mol. The molecule has 4 nitrogen and oxygen atoms in total. The number of nitrogens with zero attached hydrogens (tertiary/aromatic N) is 1.